The molecule has 7 N–H and O–H groups in total. The molecule has 0 aromatic heterocycles. The van der Waals surface area contributed by atoms with Crippen LogP contribution in [0.1, 0.15) is 13.3 Å². The predicted octanol–water partition coefficient (Wildman–Crippen LogP) is -0.177. The van der Waals surface area contributed by atoms with E-state index in [4.69, 9.17) is 30.5 Å². The second-order valence-electron chi connectivity index (χ2n) is 2.85. The molecule has 110 valence electrons. The first-order valence-electron chi connectivity index (χ1n) is 5.31. The van der Waals surface area contributed by atoms with E-state index in [-0.39, 0.29) is 0 Å². The van der Waals surface area contributed by atoms with Gasteiger partial charge in [-0.2, -0.15) is 0 Å². The molecule has 8 heteroatoms. The molecule has 0 aromatic rings. The van der Waals surface area contributed by atoms with Crippen molar-refractivity contribution in [3.05, 3.63) is 26.3 Å². The fourth-order valence-electron chi connectivity index (χ4n) is 0.858. The molecule has 0 aliphatic rings. The summed E-state index contributed by atoms with van der Waals surface area (Å²) in [6.45, 7) is 14.7. The second-order valence-corrected chi connectivity index (χ2v) is 5.33. The van der Waals surface area contributed by atoms with Crippen LogP contribution in [-0.4, -0.2) is 35.7 Å². The second kappa shape index (κ2) is 12.9. The van der Waals surface area contributed by atoms with E-state index in [0.717, 1.165) is 6.42 Å². The summed E-state index contributed by atoms with van der Waals surface area (Å²) in [5.41, 5.74) is 15.9. The standard InChI is InChI=1S/C6H20N4O3Si.2C2H4/c1-4-5-10-14(11-2,12-3)13-6(7,8)9;2*1-2/h10H,4-5,7-9H2,1-3H3;2*1-2H2. The molecule has 0 radical (unpaired) electrons. The molecule has 0 amide bonds. The van der Waals surface area contributed by atoms with Gasteiger partial charge in [-0.05, 0) is 13.0 Å². The van der Waals surface area contributed by atoms with Crippen LogP contribution in [0.5, 0.6) is 0 Å². The third-order valence-electron chi connectivity index (χ3n) is 1.44. The minimum Gasteiger partial charge on any atom is -0.364 e. The van der Waals surface area contributed by atoms with Gasteiger partial charge in [-0.15, -0.1) is 26.3 Å². The van der Waals surface area contributed by atoms with Crippen LogP contribution >= 0.6 is 0 Å². The van der Waals surface area contributed by atoms with Gasteiger partial charge in [-0.1, -0.05) is 6.92 Å². The molecular formula is C10H28N4O3Si. The lowest BCUT2D eigenvalue weighted by molar-refractivity contribution is -0.0136. The van der Waals surface area contributed by atoms with Crippen LogP contribution in [0.2, 0.25) is 0 Å². The van der Waals surface area contributed by atoms with E-state index in [1.54, 1.807) is 0 Å². The Bertz CT molecular complexity index is 184. The molecule has 7 nitrogen and oxygen atoms in total. The van der Waals surface area contributed by atoms with Crippen LogP contribution < -0.4 is 22.2 Å². The molecule has 18 heavy (non-hydrogen) atoms. The number of nitrogens with one attached hydrogen (secondary N) is 1. The molecule has 0 saturated carbocycles. The van der Waals surface area contributed by atoms with Crippen molar-refractivity contribution in [2.24, 2.45) is 17.2 Å². The van der Waals surface area contributed by atoms with Crippen LogP contribution in [0.25, 0.3) is 0 Å². The van der Waals surface area contributed by atoms with Gasteiger partial charge in [0.05, 0.1) is 0 Å². The van der Waals surface area contributed by atoms with E-state index in [0.29, 0.717) is 6.54 Å². The Kier molecular flexibility index (Phi) is 16.1. The Labute approximate surface area is 111 Å². The average molecular weight is 280 g/mol. The smallest absolute Gasteiger partial charge is 0.364 e. The summed E-state index contributed by atoms with van der Waals surface area (Å²) in [5.74, 6) is -1.76. The quantitative estimate of drug-likeness (QED) is 0.290. The minimum atomic E-state index is -3.02. The van der Waals surface area contributed by atoms with Crippen molar-refractivity contribution in [2.75, 3.05) is 20.8 Å². The summed E-state index contributed by atoms with van der Waals surface area (Å²) in [6, 6.07) is 0. The van der Waals surface area contributed by atoms with E-state index < -0.39 is 14.9 Å². The Morgan fingerprint density at radius 2 is 1.44 bits per heavy atom. The van der Waals surface area contributed by atoms with Crippen LogP contribution in [0.3, 0.4) is 0 Å². The Hall–Kier alpha value is -0.583. The molecule has 0 fully saturated rings. The van der Waals surface area contributed by atoms with Crippen molar-refractivity contribution in [3.8, 4) is 0 Å². The van der Waals surface area contributed by atoms with Gasteiger partial charge in [0.15, 0.2) is 0 Å². The number of rotatable bonds is 7. The van der Waals surface area contributed by atoms with Crippen LogP contribution in [0.4, 0.5) is 0 Å². The largest absolute Gasteiger partial charge is 0.599 e. The van der Waals surface area contributed by atoms with Gasteiger partial charge in [0.1, 0.15) is 0 Å². The highest BCUT2D eigenvalue weighted by molar-refractivity contribution is 6.57. The Morgan fingerprint density at radius 3 is 1.67 bits per heavy atom. The van der Waals surface area contributed by atoms with Crippen molar-refractivity contribution in [3.63, 3.8) is 0 Å². The fourth-order valence-corrected chi connectivity index (χ4v) is 2.57. The van der Waals surface area contributed by atoms with Gasteiger partial charge >= 0.3 is 8.97 Å². The third-order valence-corrected chi connectivity index (χ3v) is 3.82. The molecule has 0 unspecified atom stereocenters. The summed E-state index contributed by atoms with van der Waals surface area (Å²) in [6.07, 6.45) is 0.900. The number of hydrogen-bond acceptors (Lipinski definition) is 7. The van der Waals surface area contributed by atoms with E-state index in [1.807, 2.05) is 6.92 Å². The molecule has 0 aliphatic heterocycles. The first-order chi connectivity index (χ1) is 8.39. The molecule has 0 bridgehead atoms. The zero-order chi connectivity index (χ0) is 15.2. The van der Waals surface area contributed by atoms with E-state index >= 15 is 0 Å². The minimum absolute atomic E-state index is 0.671. The number of hydrogen-bond donors (Lipinski definition) is 4. The molecule has 0 heterocycles. The average Bonchev–Trinajstić information content (AvgIpc) is 2.38. The van der Waals surface area contributed by atoms with Gasteiger partial charge in [-0.25, -0.2) is 0 Å². The summed E-state index contributed by atoms with van der Waals surface area (Å²) >= 11 is 0. The first-order valence-corrected chi connectivity index (χ1v) is 7.03. The molecule has 0 saturated heterocycles. The SMILES string of the molecule is C=C.C=C.CCCN[Si](OC)(OC)OC(N)(N)N. The van der Waals surface area contributed by atoms with Gasteiger partial charge in [-0.3, -0.25) is 22.2 Å². The molecule has 0 atom stereocenters. The first kappa shape index (κ1) is 22.6. The zero-order valence-electron chi connectivity index (χ0n) is 11.7. The Morgan fingerprint density at radius 1 is 1.06 bits per heavy atom. The number of nitrogens with two attached hydrogens (primary N) is 3. The summed E-state index contributed by atoms with van der Waals surface area (Å²) in [5, 5.41) is 0. The maximum atomic E-state index is 5.31. The van der Waals surface area contributed by atoms with Gasteiger partial charge < -0.3 is 13.3 Å². The zero-order valence-corrected chi connectivity index (χ0v) is 12.7. The monoisotopic (exact) mass is 280 g/mol. The molecular weight excluding hydrogens is 252 g/mol. The topological polar surface area (TPSA) is 118 Å². The Balaban J connectivity index is -0.000000506. The molecule has 0 spiro atoms. The lowest BCUT2D eigenvalue weighted by Gasteiger charge is -2.32. The predicted molar refractivity (Wildman–Crippen MR) is 77.0 cm³/mol. The van der Waals surface area contributed by atoms with Crippen LogP contribution in [-0.2, 0) is 13.3 Å². The highest BCUT2D eigenvalue weighted by atomic mass is 28.4. The van der Waals surface area contributed by atoms with E-state index in [9.17, 15) is 0 Å². The maximum Gasteiger partial charge on any atom is 0.599 e. The van der Waals surface area contributed by atoms with E-state index in [2.05, 4.69) is 31.3 Å². The van der Waals surface area contributed by atoms with Gasteiger partial charge in [0, 0.05) is 14.2 Å². The summed E-state index contributed by atoms with van der Waals surface area (Å²) in [7, 11) is -0.128. The van der Waals surface area contributed by atoms with Crippen molar-refractivity contribution in [1.82, 2.24) is 4.98 Å². The van der Waals surface area contributed by atoms with Crippen molar-refractivity contribution in [1.29, 1.82) is 0 Å². The molecule has 0 rings (SSSR count). The maximum absolute atomic E-state index is 5.31. The summed E-state index contributed by atoms with van der Waals surface area (Å²) < 4.78 is 15.4. The molecule has 0 aliphatic carbocycles. The van der Waals surface area contributed by atoms with Crippen molar-refractivity contribution < 1.29 is 13.3 Å². The van der Waals surface area contributed by atoms with E-state index in [1.165, 1.54) is 14.2 Å². The van der Waals surface area contributed by atoms with Crippen LogP contribution in [0.15, 0.2) is 26.3 Å². The highest BCUT2D eigenvalue weighted by Gasteiger charge is 2.44. The highest BCUT2D eigenvalue weighted by Crippen LogP contribution is 2.05. The van der Waals surface area contributed by atoms with Crippen molar-refractivity contribution >= 4 is 8.97 Å². The summed E-state index contributed by atoms with van der Waals surface area (Å²) in [4.78, 5) is 2.97. The van der Waals surface area contributed by atoms with Gasteiger partial charge in [0.25, 0.3) is 0 Å². The van der Waals surface area contributed by atoms with Crippen molar-refractivity contribution in [2.45, 2.75) is 19.3 Å². The third kappa shape index (κ3) is 11.9. The lowest BCUT2D eigenvalue weighted by Crippen LogP contribution is -2.71. The lowest BCUT2D eigenvalue weighted by atomic mass is 10.5. The molecule has 0 aromatic carbocycles. The van der Waals surface area contributed by atoms with Crippen LogP contribution in [0, 0.1) is 0 Å². The fraction of sp³-hybridized carbons (Fsp3) is 0.600. The van der Waals surface area contributed by atoms with Gasteiger partial charge in [0.2, 0.25) is 5.97 Å². The normalized spacial score (nSPS) is 10.8.